The van der Waals surface area contributed by atoms with E-state index in [4.69, 9.17) is 25.8 Å². The Morgan fingerprint density at radius 1 is 1.40 bits per heavy atom. The summed E-state index contributed by atoms with van der Waals surface area (Å²) in [6, 6.07) is 3.11. The fraction of sp³-hybridized carbons (Fsp3) is 0.250. The first-order chi connectivity index (χ1) is 9.65. The molecule has 0 fully saturated rings. The lowest BCUT2D eigenvalue weighted by molar-refractivity contribution is -0.148. The Balaban J connectivity index is 1.78. The van der Waals surface area contributed by atoms with Gasteiger partial charge in [0.15, 0.2) is 6.61 Å². The Morgan fingerprint density at radius 3 is 2.90 bits per heavy atom. The zero-order valence-electron chi connectivity index (χ0n) is 10.3. The van der Waals surface area contributed by atoms with Crippen molar-refractivity contribution in [2.24, 2.45) is 0 Å². The maximum absolute atomic E-state index is 11.5. The van der Waals surface area contributed by atoms with Crippen molar-refractivity contribution in [3.05, 3.63) is 35.4 Å². The van der Waals surface area contributed by atoms with E-state index in [1.807, 2.05) is 0 Å². The lowest BCUT2D eigenvalue weighted by Crippen LogP contribution is -2.24. The van der Waals surface area contributed by atoms with E-state index >= 15 is 0 Å². The minimum atomic E-state index is -0.760. The maximum atomic E-state index is 11.5. The number of amides is 1. The normalized spacial score (nSPS) is 13.6. The highest BCUT2D eigenvalue weighted by molar-refractivity contribution is 6.30. The second kappa shape index (κ2) is 6.76. The molecular weight excluding hydrogens is 288 g/mol. The van der Waals surface area contributed by atoms with Gasteiger partial charge in [0.1, 0.15) is 25.3 Å². The van der Waals surface area contributed by atoms with Crippen LogP contribution >= 0.6 is 11.6 Å². The Kier molecular flexibility index (Phi) is 4.78. The lowest BCUT2D eigenvalue weighted by Gasteiger charge is -2.14. The smallest absolute Gasteiger partial charge is 0.377 e. The van der Waals surface area contributed by atoms with Crippen molar-refractivity contribution in [1.82, 2.24) is 4.98 Å². The molecule has 2 heterocycles. The number of carbonyl (C=O) groups excluding carboxylic acids is 2. The monoisotopic (exact) mass is 298 g/mol. The van der Waals surface area contributed by atoms with E-state index in [1.165, 1.54) is 12.3 Å². The predicted molar refractivity (Wildman–Crippen MR) is 68.8 cm³/mol. The molecule has 8 heteroatoms. The first-order valence-electron chi connectivity index (χ1n) is 5.68. The lowest BCUT2D eigenvalue weighted by atomic mass is 10.4. The van der Waals surface area contributed by atoms with Crippen molar-refractivity contribution in [2.45, 2.75) is 0 Å². The quantitative estimate of drug-likeness (QED) is 0.838. The molecule has 1 amide bonds. The minimum Gasteiger partial charge on any atom is -0.493 e. The number of carbonyl (C=O) groups is 2. The molecule has 106 valence electrons. The number of nitrogens with one attached hydrogen (secondary N) is 1. The van der Waals surface area contributed by atoms with Crippen LogP contribution in [0.1, 0.15) is 0 Å². The van der Waals surface area contributed by atoms with Crippen molar-refractivity contribution in [3.8, 4) is 0 Å². The van der Waals surface area contributed by atoms with Gasteiger partial charge in [-0.2, -0.15) is 0 Å². The van der Waals surface area contributed by atoms with Crippen LogP contribution in [0.5, 0.6) is 0 Å². The minimum absolute atomic E-state index is 0.0614. The maximum Gasteiger partial charge on any atom is 0.377 e. The molecule has 0 saturated heterocycles. The number of rotatable bonds is 4. The number of hydrogen-bond acceptors (Lipinski definition) is 6. The van der Waals surface area contributed by atoms with Crippen molar-refractivity contribution in [2.75, 3.05) is 25.1 Å². The van der Waals surface area contributed by atoms with Gasteiger partial charge in [-0.05, 0) is 12.1 Å². The Bertz CT molecular complexity index is 529. The SMILES string of the molecule is O=C(COC(=O)C1=COCCO1)Nc1ccc(Cl)cn1. The van der Waals surface area contributed by atoms with Gasteiger partial charge in [-0.3, -0.25) is 4.79 Å². The van der Waals surface area contributed by atoms with Gasteiger partial charge < -0.3 is 19.5 Å². The molecule has 0 unspecified atom stereocenters. The van der Waals surface area contributed by atoms with Crippen molar-refractivity contribution < 1.29 is 23.8 Å². The first kappa shape index (κ1) is 14.1. The summed E-state index contributed by atoms with van der Waals surface area (Å²) in [6.45, 7) is 0.186. The molecule has 0 saturated carbocycles. The van der Waals surface area contributed by atoms with Gasteiger partial charge in [0.2, 0.25) is 5.76 Å². The molecule has 0 atom stereocenters. The average molecular weight is 299 g/mol. The molecule has 0 radical (unpaired) electrons. The van der Waals surface area contributed by atoms with Crippen LogP contribution in [0, 0.1) is 0 Å². The fourth-order valence-corrected chi connectivity index (χ4v) is 1.42. The highest BCUT2D eigenvalue weighted by Crippen LogP contribution is 2.10. The van der Waals surface area contributed by atoms with Crippen LogP contribution in [0.2, 0.25) is 5.02 Å². The van der Waals surface area contributed by atoms with E-state index in [2.05, 4.69) is 10.3 Å². The summed E-state index contributed by atoms with van der Waals surface area (Å²) >= 11 is 5.66. The Labute approximate surface area is 119 Å². The molecule has 7 nitrogen and oxygen atoms in total. The highest BCUT2D eigenvalue weighted by atomic mass is 35.5. The van der Waals surface area contributed by atoms with Gasteiger partial charge in [0, 0.05) is 6.20 Å². The molecule has 0 aliphatic carbocycles. The van der Waals surface area contributed by atoms with Crippen LogP contribution in [0.25, 0.3) is 0 Å². The molecule has 1 aliphatic rings. The molecule has 1 aromatic heterocycles. The molecule has 0 spiro atoms. The number of anilines is 1. The van der Waals surface area contributed by atoms with Gasteiger partial charge in [-0.15, -0.1) is 0 Å². The number of hydrogen-bond donors (Lipinski definition) is 1. The van der Waals surface area contributed by atoms with Gasteiger partial charge in [-0.1, -0.05) is 11.6 Å². The summed E-state index contributed by atoms with van der Waals surface area (Å²) in [5.74, 6) is -1.03. The van der Waals surface area contributed by atoms with Crippen LogP contribution in [-0.2, 0) is 23.8 Å². The number of nitrogens with zero attached hydrogens (tertiary/aromatic N) is 1. The molecule has 20 heavy (non-hydrogen) atoms. The second-order valence-corrected chi connectivity index (χ2v) is 4.12. The van der Waals surface area contributed by atoms with Crippen molar-refractivity contribution in [3.63, 3.8) is 0 Å². The summed E-state index contributed by atoms with van der Waals surface area (Å²) < 4.78 is 14.7. The second-order valence-electron chi connectivity index (χ2n) is 3.69. The van der Waals surface area contributed by atoms with Gasteiger partial charge in [0.05, 0.1) is 5.02 Å². The van der Waals surface area contributed by atoms with E-state index in [1.54, 1.807) is 6.07 Å². The third kappa shape index (κ3) is 4.13. The number of esters is 1. The fourth-order valence-electron chi connectivity index (χ4n) is 1.31. The summed E-state index contributed by atoms with van der Waals surface area (Å²) in [4.78, 5) is 26.9. The topological polar surface area (TPSA) is 86.8 Å². The molecule has 2 rings (SSSR count). The van der Waals surface area contributed by atoms with Crippen LogP contribution in [0.4, 0.5) is 5.82 Å². The average Bonchev–Trinajstić information content (AvgIpc) is 2.48. The summed E-state index contributed by atoms with van der Waals surface area (Å²) in [7, 11) is 0. The van der Waals surface area contributed by atoms with Gasteiger partial charge in [0.25, 0.3) is 5.91 Å². The van der Waals surface area contributed by atoms with Crippen molar-refractivity contribution in [1.29, 1.82) is 0 Å². The standard InChI is InChI=1S/C12H11ClN2O5/c13-8-1-2-10(14-5-8)15-11(16)7-20-12(17)9-6-18-3-4-19-9/h1-2,5-6H,3-4,7H2,(H,14,15,16). The van der Waals surface area contributed by atoms with Gasteiger partial charge in [-0.25, -0.2) is 9.78 Å². The summed E-state index contributed by atoms with van der Waals surface area (Å²) in [5, 5.41) is 2.90. The van der Waals surface area contributed by atoms with E-state index < -0.39 is 18.5 Å². The van der Waals surface area contributed by atoms with Crippen LogP contribution in [0.3, 0.4) is 0 Å². The molecular formula is C12H11ClN2O5. The molecule has 1 aliphatic heterocycles. The van der Waals surface area contributed by atoms with E-state index in [0.29, 0.717) is 17.4 Å². The largest absolute Gasteiger partial charge is 0.493 e. The number of halogens is 1. The Hall–Kier alpha value is -2.28. The summed E-state index contributed by atoms with van der Waals surface area (Å²) in [6.07, 6.45) is 2.55. The van der Waals surface area contributed by atoms with E-state index in [0.717, 1.165) is 6.26 Å². The van der Waals surface area contributed by atoms with E-state index in [-0.39, 0.29) is 12.4 Å². The third-order valence-corrected chi connectivity index (χ3v) is 2.40. The number of ether oxygens (including phenoxy) is 3. The predicted octanol–water partition coefficient (Wildman–Crippen LogP) is 1.10. The Morgan fingerprint density at radius 2 is 2.25 bits per heavy atom. The van der Waals surface area contributed by atoms with Crippen LogP contribution in [-0.4, -0.2) is 36.7 Å². The third-order valence-electron chi connectivity index (χ3n) is 2.18. The number of pyridine rings is 1. The zero-order valence-corrected chi connectivity index (χ0v) is 11.1. The molecule has 0 bridgehead atoms. The summed E-state index contributed by atoms with van der Waals surface area (Å²) in [5.41, 5.74) is 0. The van der Waals surface area contributed by atoms with Gasteiger partial charge >= 0.3 is 5.97 Å². The van der Waals surface area contributed by atoms with E-state index in [9.17, 15) is 9.59 Å². The van der Waals surface area contributed by atoms with Crippen LogP contribution < -0.4 is 5.32 Å². The molecule has 1 N–H and O–H groups in total. The number of aromatic nitrogens is 1. The van der Waals surface area contributed by atoms with Crippen molar-refractivity contribution >= 4 is 29.3 Å². The first-order valence-corrected chi connectivity index (χ1v) is 6.06. The highest BCUT2D eigenvalue weighted by Gasteiger charge is 2.17. The van der Waals surface area contributed by atoms with Crippen LogP contribution in [0.15, 0.2) is 30.4 Å². The molecule has 0 aromatic carbocycles. The molecule has 1 aromatic rings. The zero-order chi connectivity index (χ0) is 14.4.